The summed E-state index contributed by atoms with van der Waals surface area (Å²) in [7, 11) is 0. The molecule has 0 unspecified atom stereocenters. The van der Waals surface area contributed by atoms with Gasteiger partial charge in [-0.3, -0.25) is 4.79 Å². The van der Waals surface area contributed by atoms with Crippen molar-refractivity contribution in [2.45, 2.75) is 31.1 Å². The second-order valence-electron chi connectivity index (χ2n) is 8.22. The van der Waals surface area contributed by atoms with Gasteiger partial charge in [-0.2, -0.15) is 0 Å². The van der Waals surface area contributed by atoms with Crippen LogP contribution in [-0.4, -0.2) is 47.6 Å². The molecule has 0 radical (unpaired) electrons. The number of rotatable bonds is 6. The average Bonchev–Trinajstić information content (AvgIpc) is 3.56. The number of amides is 1. The largest absolute Gasteiger partial charge is 0.371 e. The van der Waals surface area contributed by atoms with Gasteiger partial charge < -0.3 is 9.80 Å². The molecule has 0 bridgehead atoms. The van der Waals surface area contributed by atoms with E-state index in [1.54, 1.807) is 0 Å². The molecule has 2 fully saturated rings. The van der Waals surface area contributed by atoms with Gasteiger partial charge in [0.2, 0.25) is 5.91 Å². The first-order chi connectivity index (χ1) is 14.0. The quantitative estimate of drug-likeness (QED) is 0.640. The van der Waals surface area contributed by atoms with Crippen molar-refractivity contribution in [3.63, 3.8) is 0 Å². The summed E-state index contributed by atoms with van der Waals surface area (Å²) < 4.78 is 0. The molecule has 4 rings (SSSR count). The van der Waals surface area contributed by atoms with Gasteiger partial charge in [-0.05, 0) is 48.9 Å². The molecule has 2 atom stereocenters. The summed E-state index contributed by atoms with van der Waals surface area (Å²) in [6.07, 6.45) is 1.00. The number of carbonyl (C=O) groups is 1. The van der Waals surface area contributed by atoms with Gasteiger partial charge in [0.1, 0.15) is 0 Å². The Balaban J connectivity index is 1.24. The number of benzene rings is 2. The maximum Gasteiger partial charge on any atom is 0.226 e. The molecule has 1 saturated heterocycles. The first-order valence-corrected chi connectivity index (χ1v) is 11.5. The third kappa shape index (κ3) is 4.53. The van der Waals surface area contributed by atoms with Crippen LogP contribution < -0.4 is 0 Å². The van der Waals surface area contributed by atoms with E-state index in [9.17, 15) is 4.79 Å². The van der Waals surface area contributed by atoms with Crippen LogP contribution in [0.2, 0.25) is 0 Å². The van der Waals surface area contributed by atoms with E-state index in [1.807, 2.05) is 17.8 Å². The smallest absolute Gasteiger partial charge is 0.226 e. The van der Waals surface area contributed by atoms with Crippen molar-refractivity contribution in [3.05, 3.63) is 77.5 Å². The van der Waals surface area contributed by atoms with E-state index >= 15 is 0 Å². The Kier molecular flexibility index (Phi) is 6.00. The normalized spacial score (nSPS) is 21.2. The molecule has 2 aliphatic rings. The summed E-state index contributed by atoms with van der Waals surface area (Å²) in [5.74, 6) is 1.85. The molecule has 1 aliphatic heterocycles. The molecule has 1 saturated carbocycles. The second kappa shape index (κ2) is 8.66. The van der Waals surface area contributed by atoms with Crippen LogP contribution in [0.25, 0.3) is 0 Å². The van der Waals surface area contributed by atoms with Crippen LogP contribution in [0, 0.1) is 19.8 Å². The fourth-order valence-corrected chi connectivity index (χ4v) is 5.20. The van der Waals surface area contributed by atoms with Crippen LogP contribution in [0.1, 0.15) is 29.0 Å². The first-order valence-electron chi connectivity index (χ1n) is 10.5. The van der Waals surface area contributed by atoms with Crippen molar-refractivity contribution in [1.29, 1.82) is 0 Å². The molecule has 0 aromatic heterocycles. The van der Waals surface area contributed by atoms with Gasteiger partial charge in [0, 0.05) is 48.4 Å². The summed E-state index contributed by atoms with van der Waals surface area (Å²) in [6, 6.07) is 16.9. The van der Waals surface area contributed by atoms with Crippen molar-refractivity contribution in [2.24, 2.45) is 5.92 Å². The Morgan fingerprint density at radius 2 is 1.69 bits per heavy atom. The highest BCUT2D eigenvalue weighted by Gasteiger charge is 2.45. The Bertz CT molecular complexity index is 887. The lowest BCUT2D eigenvalue weighted by atomic mass is 10.1. The minimum absolute atomic E-state index is 0.187. The van der Waals surface area contributed by atoms with Crippen molar-refractivity contribution in [2.75, 3.05) is 31.9 Å². The highest BCUT2D eigenvalue weighted by atomic mass is 32.2. The lowest BCUT2D eigenvalue weighted by molar-refractivity contribution is -0.134. The van der Waals surface area contributed by atoms with E-state index < -0.39 is 0 Å². The highest BCUT2D eigenvalue weighted by molar-refractivity contribution is 7.99. The Hall–Kier alpha value is -2.20. The van der Waals surface area contributed by atoms with Gasteiger partial charge in [0.25, 0.3) is 0 Å². The van der Waals surface area contributed by atoms with Gasteiger partial charge >= 0.3 is 0 Å². The summed E-state index contributed by atoms with van der Waals surface area (Å²) in [6.45, 7) is 12.1. The Morgan fingerprint density at radius 3 is 2.41 bits per heavy atom. The van der Waals surface area contributed by atoms with Crippen molar-refractivity contribution < 1.29 is 4.79 Å². The number of aryl methyl sites for hydroxylation is 1. The zero-order valence-electron chi connectivity index (χ0n) is 17.4. The summed E-state index contributed by atoms with van der Waals surface area (Å²) >= 11 is 1.86. The number of carbonyl (C=O) groups excluding carboxylic acids is 1. The standard InChI is InChI=1S/C25H30N2OS/c1-18-8-7-11-24(20(18)3)29-17-19(2)26-12-14-27(15-13-26)25(28)23-16-22(23)21-9-5-4-6-10-21/h4-11,22-23H,2,12-17H2,1,3H3/t22-,23+/m0/s1. The van der Waals surface area contributed by atoms with E-state index in [0.717, 1.165) is 44.0 Å². The fraction of sp³-hybridized carbons (Fsp3) is 0.400. The third-order valence-corrected chi connectivity index (χ3v) is 7.55. The number of thioether (sulfide) groups is 1. The van der Waals surface area contributed by atoms with Crippen molar-refractivity contribution in [3.8, 4) is 0 Å². The SMILES string of the molecule is C=C(CSc1cccc(C)c1C)N1CCN(C(=O)[C@@H]2C[C@H]2c2ccccc2)CC1. The number of piperazine rings is 1. The van der Waals surface area contributed by atoms with Gasteiger partial charge in [-0.15, -0.1) is 11.8 Å². The van der Waals surface area contributed by atoms with E-state index in [4.69, 9.17) is 0 Å². The molecule has 29 heavy (non-hydrogen) atoms. The molecular formula is C25H30N2OS. The van der Waals surface area contributed by atoms with Crippen LogP contribution in [0.3, 0.4) is 0 Å². The van der Waals surface area contributed by atoms with Gasteiger partial charge in [-0.1, -0.05) is 49.0 Å². The summed E-state index contributed by atoms with van der Waals surface area (Å²) in [4.78, 5) is 18.6. The maximum absolute atomic E-state index is 12.9. The number of nitrogens with zero attached hydrogens (tertiary/aromatic N) is 2. The average molecular weight is 407 g/mol. The zero-order valence-corrected chi connectivity index (χ0v) is 18.3. The monoisotopic (exact) mass is 406 g/mol. The van der Waals surface area contributed by atoms with Gasteiger partial charge in [0.15, 0.2) is 0 Å². The molecule has 152 valence electrons. The molecule has 0 N–H and O–H groups in total. The summed E-state index contributed by atoms with van der Waals surface area (Å²) in [5.41, 5.74) is 5.16. The highest BCUT2D eigenvalue weighted by Crippen LogP contribution is 2.48. The second-order valence-corrected chi connectivity index (χ2v) is 9.24. The molecule has 4 heteroatoms. The lowest BCUT2D eigenvalue weighted by Crippen LogP contribution is -2.48. The molecule has 0 spiro atoms. The van der Waals surface area contributed by atoms with Gasteiger partial charge in [-0.25, -0.2) is 0 Å². The summed E-state index contributed by atoms with van der Waals surface area (Å²) in [5, 5.41) is 0. The van der Waals surface area contributed by atoms with Crippen molar-refractivity contribution >= 4 is 17.7 Å². The molecule has 1 heterocycles. The molecule has 2 aromatic rings. The van der Waals surface area contributed by atoms with E-state index in [-0.39, 0.29) is 5.92 Å². The lowest BCUT2D eigenvalue weighted by Gasteiger charge is -2.37. The minimum Gasteiger partial charge on any atom is -0.371 e. The number of hydrogen-bond donors (Lipinski definition) is 0. The predicted molar refractivity (Wildman–Crippen MR) is 121 cm³/mol. The predicted octanol–water partition coefficient (Wildman–Crippen LogP) is 4.86. The number of hydrogen-bond acceptors (Lipinski definition) is 3. The van der Waals surface area contributed by atoms with Gasteiger partial charge in [0.05, 0.1) is 0 Å². The maximum atomic E-state index is 12.9. The fourth-order valence-electron chi connectivity index (χ4n) is 4.15. The molecule has 2 aromatic carbocycles. The van der Waals surface area contributed by atoms with Crippen LogP contribution in [0.15, 0.2) is 65.7 Å². The molecule has 1 aliphatic carbocycles. The topological polar surface area (TPSA) is 23.6 Å². The van der Waals surface area contributed by atoms with Crippen LogP contribution in [0.5, 0.6) is 0 Å². The Morgan fingerprint density at radius 1 is 1.00 bits per heavy atom. The molecular weight excluding hydrogens is 376 g/mol. The van der Waals surface area contributed by atoms with Crippen LogP contribution >= 0.6 is 11.8 Å². The van der Waals surface area contributed by atoms with Crippen LogP contribution in [0.4, 0.5) is 0 Å². The zero-order chi connectivity index (χ0) is 20.4. The first kappa shape index (κ1) is 20.1. The van der Waals surface area contributed by atoms with E-state index in [0.29, 0.717) is 11.8 Å². The molecule has 3 nitrogen and oxygen atoms in total. The van der Waals surface area contributed by atoms with E-state index in [1.165, 1.54) is 21.6 Å². The van der Waals surface area contributed by atoms with E-state index in [2.05, 4.69) is 72.7 Å². The van der Waals surface area contributed by atoms with Crippen LogP contribution in [-0.2, 0) is 4.79 Å². The molecule has 1 amide bonds. The van der Waals surface area contributed by atoms with Crippen molar-refractivity contribution in [1.82, 2.24) is 9.80 Å². The Labute approximate surface area is 178 Å². The third-order valence-electron chi connectivity index (χ3n) is 6.32. The minimum atomic E-state index is 0.187.